The summed E-state index contributed by atoms with van der Waals surface area (Å²) in [5.41, 5.74) is -2.41. The van der Waals surface area contributed by atoms with Gasteiger partial charge in [-0.2, -0.15) is 0 Å². The summed E-state index contributed by atoms with van der Waals surface area (Å²) in [5, 5.41) is 12.1. The van der Waals surface area contributed by atoms with Gasteiger partial charge >= 0.3 is 0 Å². The second-order valence-corrected chi connectivity index (χ2v) is 12.0. The lowest BCUT2D eigenvalue weighted by Crippen LogP contribution is -2.57. The molecule has 0 atom stereocenters. The number of ether oxygens (including phenoxy) is 1. The Morgan fingerprint density at radius 3 is 2.05 bits per heavy atom. The summed E-state index contributed by atoms with van der Waals surface area (Å²) in [6, 6.07) is 9.67. The van der Waals surface area contributed by atoms with Crippen LogP contribution >= 0.6 is 38.5 Å². The van der Waals surface area contributed by atoms with Gasteiger partial charge in [0.05, 0.1) is 19.4 Å². The normalized spacial score (nSPS) is 17.5. The van der Waals surface area contributed by atoms with Crippen molar-refractivity contribution in [2.75, 3.05) is 0 Å². The number of hydrogen-bond acceptors (Lipinski definition) is 5. The van der Waals surface area contributed by atoms with Gasteiger partial charge in [0.15, 0.2) is 0 Å². The summed E-state index contributed by atoms with van der Waals surface area (Å²) < 4.78 is 7.77. The van der Waals surface area contributed by atoms with E-state index in [0.29, 0.717) is 37.2 Å². The van der Waals surface area contributed by atoms with Crippen LogP contribution in [0.2, 0.25) is 0 Å². The van der Waals surface area contributed by atoms with Crippen molar-refractivity contribution in [2.45, 2.75) is 85.6 Å². The number of benzene rings is 2. The van der Waals surface area contributed by atoms with Gasteiger partial charge in [0.1, 0.15) is 17.1 Å². The molecule has 7 nitrogen and oxygen atoms in total. The maximum atomic E-state index is 14.4. The molecule has 1 fully saturated rings. The minimum absolute atomic E-state index is 0.136. The molecule has 0 bridgehead atoms. The van der Waals surface area contributed by atoms with E-state index in [1.807, 2.05) is 39.8 Å². The third-order valence-corrected chi connectivity index (χ3v) is 10.5. The van der Waals surface area contributed by atoms with Gasteiger partial charge in [0.25, 0.3) is 11.6 Å². The Hall–Kier alpha value is -2.01. The molecular weight excluding hydrogens is 663 g/mol. The van der Waals surface area contributed by atoms with E-state index in [1.165, 1.54) is 23.1 Å². The third-order valence-electron chi connectivity index (χ3n) is 9.15. The highest BCUT2D eigenvalue weighted by atomic mass is 127. The van der Waals surface area contributed by atoms with Crippen LogP contribution in [-0.4, -0.2) is 27.2 Å². The minimum Gasteiger partial charge on any atom is -0.456 e. The molecule has 0 aromatic heterocycles. The molecule has 0 spiro atoms. The van der Waals surface area contributed by atoms with Crippen LogP contribution in [0.15, 0.2) is 40.9 Å². The standard InChI is InChI=1S/C29H36BrIN2O5/c1-7-27(8-2)26(35)32(29(11-5,12-6)28(27,9-3)10-4)25(34)21-18-20(14-15-23(21)33(36)37)38-24-16-13-19(30)17-22(24)31/h13-18H,7-12H2,1-6H3. The molecule has 2 amide bonds. The van der Waals surface area contributed by atoms with Gasteiger partial charge in [-0.25, -0.2) is 0 Å². The van der Waals surface area contributed by atoms with E-state index in [0.717, 1.165) is 20.9 Å². The fraction of sp³-hybridized carbons (Fsp3) is 0.517. The Balaban J connectivity index is 2.24. The average molecular weight is 699 g/mol. The Bertz CT molecular complexity index is 1240. The lowest BCUT2D eigenvalue weighted by Gasteiger charge is -2.52. The van der Waals surface area contributed by atoms with Gasteiger partial charge in [-0.05, 0) is 85.4 Å². The van der Waals surface area contributed by atoms with Crippen molar-refractivity contribution in [3.63, 3.8) is 0 Å². The number of nitrogens with zero attached hydrogens (tertiary/aromatic N) is 2. The average Bonchev–Trinajstić information content (AvgIpc) is 3.10. The molecule has 0 N–H and O–H groups in total. The fourth-order valence-corrected chi connectivity index (χ4v) is 8.75. The molecular formula is C29H36BrIN2O5. The Kier molecular flexibility index (Phi) is 9.33. The molecule has 2 aromatic carbocycles. The molecule has 0 aliphatic carbocycles. The highest BCUT2D eigenvalue weighted by Gasteiger charge is 2.72. The van der Waals surface area contributed by atoms with Crippen molar-refractivity contribution < 1.29 is 19.2 Å². The zero-order chi connectivity index (χ0) is 28.5. The molecule has 9 heteroatoms. The minimum atomic E-state index is -0.761. The molecule has 1 aliphatic rings. The quantitative estimate of drug-likeness (QED) is 0.107. The smallest absolute Gasteiger partial charge is 0.282 e. The van der Waals surface area contributed by atoms with E-state index in [9.17, 15) is 19.7 Å². The summed E-state index contributed by atoms with van der Waals surface area (Å²) in [6.07, 6.45) is 3.81. The van der Waals surface area contributed by atoms with Crippen LogP contribution in [0.5, 0.6) is 11.5 Å². The molecule has 3 rings (SSSR count). The molecule has 0 saturated carbocycles. The van der Waals surface area contributed by atoms with Gasteiger partial charge in [0.2, 0.25) is 5.91 Å². The van der Waals surface area contributed by atoms with Gasteiger partial charge in [-0.1, -0.05) is 57.5 Å². The first-order valence-corrected chi connectivity index (χ1v) is 15.2. The van der Waals surface area contributed by atoms with Crippen molar-refractivity contribution in [1.82, 2.24) is 4.90 Å². The van der Waals surface area contributed by atoms with E-state index >= 15 is 0 Å². The lowest BCUT2D eigenvalue weighted by atomic mass is 9.51. The first-order chi connectivity index (χ1) is 18.0. The SMILES string of the molecule is CCC1(CC)C(=O)N(C(=O)c2cc(Oc3ccc(Br)cc3I)ccc2[N+](=O)[O-])C(CC)(CC)C1(CC)CC. The van der Waals surface area contributed by atoms with Gasteiger partial charge in [-0.15, -0.1) is 0 Å². The second kappa shape index (κ2) is 11.6. The number of nitro benzene ring substituents is 1. The highest BCUT2D eigenvalue weighted by molar-refractivity contribution is 14.1. The molecule has 1 aliphatic heterocycles. The van der Waals surface area contributed by atoms with Gasteiger partial charge < -0.3 is 4.74 Å². The first-order valence-electron chi connectivity index (χ1n) is 13.3. The predicted octanol–water partition coefficient (Wildman–Crippen LogP) is 8.91. The number of amides is 2. The summed E-state index contributed by atoms with van der Waals surface area (Å²) in [4.78, 5) is 41.7. The molecule has 2 aromatic rings. The van der Waals surface area contributed by atoms with E-state index in [2.05, 4.69) is 52.4 Å². The van der Waals surface area contributed by atoms with Crippen molar-refractivity contribution in [2.24, 2.45) is 10.8 Å². The number of rotatable bonds is 10. The van der Waals surface area contributed by atoms with Crippen molar-refractivity contribution in [3.8, 4) is 11.5 Å². The molecule has 0 radical (unpaired) electrons. The van der Waals surface area contributed by atoms with Gasteiger partial charge in [0, 0.05) is 22.0 Å². The maximum Gasteiger partial charge on any atom is 0.282 e. The van der Waals surface area contributed by atoms with Crippen LogP contribution in [0.3, 0.4) is 0 Å². The maximum absolute atomic E-state index is 14.4. The van der Waals surface area contributed by atoms with Gasteiger partial charge in [-0.3, -0.25) is 24.6 Å². The summed E-state index contributed by atoms with van der Waals surface area (Å²) >= 11 is 5.57. The van der Waals surface area contributed by atoms with Crippen LogP contribution in [0, 0.1) is 24.5 Å². The van der Waals surface area contributed by atoms with Crippen molar-refractivity contribution in [3.05, 3.63) is 60.1 Å². The highest BCUT2D eigenvalue weighted by Crippen LogP contribution is 2.66. The number of likely N-dealkylation sites (tertiary alicyclic amines) is 1. The number of halogens is 2. The van der Waals surface area contributed by atoms with Crippen LogP contribution in [0.1, 0.15) is 90.4 Å². The molecule has 1 saturated heterocycles. The molecule has 206 valence electrons. The predicted molar refractivity (Wildman–Crippen MR) is 161 cm³/mol. The number of nitro groups is 1. The zero-order valence-corrected chi connectivity index (χ0v) is 26.6. The first kappa shape index (κ1) is 30.5. The summed E-state index contributed by atoms with van der Waals surface area (Å²) in [7, 11) is 0. The largest absolute Gasteiger partial charge is 0.456 e. The molecule has 1 heterocycles. The monoisotopic (exact) mass is 698 g/mol. The van der Waals surface area contributed by atoms with Crippen molar-refractivity contribution >= 4 is 56.0 Å². The van der Waals surface area contributed by atoms with E-state index in [-0.39, 0.29) is 17.2 Å². The second-order valence-electron chi connectivity index (χ2n) is 9.88. The number of carbonyl (C=O) groups excluding carboxylic acids is 2. The number of hydrogen-bond donors (Lipinski definition) is 0. The third kappa shape index (κ3) is 4.37. The summed E-state index contributed by atoms with van der Waals surface area (Å²) in [5.74, 6) is 0.0000318. The van der Waals surface area contributed by atoms with E-state index < -0.39 is 27.2 Å². The fourth-order valence-electron chi connectivity index (χ4n) is 7.33. The van der Waals surface area contributed by atoms with Crippen LogP contribution in [0.4, 0.5) is 5.69 Å². The lowest BCUT2D eigenvalue weighted by molar-refractivity contribution is -0.385. The summed E-state index contributed by atoms with van der Waals surface area (Å²) in [6.45, 7) is 12.3. The Morgan fingerprint density at radius 1 is 0.974 bits per heavy atom. The van der Waals surface area contributed by atoms with E-state index in [4.69, 9.17) is 4.74 Å². The number of imide groups is 1. The van der Waals surface area contributed by atoms with E-state index in [1.54, 1.807) is 6.07 Å². The Morgan fingerprint density at radius 2 is 1.58 bits per heavy atom. The topological polar surface area (TPSA) is 89.8 Å². The molecule has 0 unspecified atom stereocenters. The molecule has 38 heavy (non-hydrogen) atoms. The van der Waals surface area contributed by atoms with Crippen LogP contribution in [-0.2, 0) is 4.79 Å². The Labute approximate surface area is 247 Å². The van der Waals surface area contributed by atoms with Crippen molar-refractivity contribution in [1.29, 1.82) is 0 Å². The van der Waals surface area contributed by atoms with Crippen LogP contribution < -0.4 is 4.74 Å². The van der Waals surface area contributed by atoms with Crippen LogP contribution in [0.25, 0.3) is 0 Å². The zero-order valence-electron chi connectivity index (χ0n) is 22.9. The number of carbonyl (C=O) groups is 2.